The quantitative estimate of drug-likeness (QED) is 0.783. The molecule has 0 aromatic heterocycles. The van der Waals surface area contributed by atoms with Gasteiger partial charge >= 0.3 is 0 Å². The van der Waals surface area contributed by atoms with Crippen LogP contribution >= 0.6 is 12.4 Å². The topological polar surface area (TPSA) is 64.8 Å². The van der Waals surface area contributed by atoms with Gasteiger partial charge in [-0.3, -0.25) is 4.79 Å². The molecule has 17 heavy (non-hydrogen) atoms. The Kier molecular flexibility index (Phi) is 8.51. The van der Waals surface area contributed by atoms with E-state index in [-0.39, 0.29) is 30.5 Å². The van der Waals surface area contributed by atoms with E-state index >= 15 is 0 Å². The van der Waals surface area contributed by atoms with Crippen molar-refractivity contribution in [3.63, 3.8) is 0 Å². The maximum Gasteiger partial charge on any atom is 0.225 e. The third-order valence-corrected chi connectivity index (χ3v) is 3.06. The van der Waals surface area contributed by atoms with Crippen LogP contribution in [0.4, 0.5) is 0 Å². The first-order valence-corrected chi connectivity index (χ1v) is 5.74. The third kappa shape index (κ3) is 5.21. The van der Waals surface area contributed by atoms with Crippen LogP contribution < -0.4 is 5.73 Å². The molecule has 1 fully saturated rings. The van der Waals surface area contributed by atoms with E-state index in [9.17, 15) is 4.79 Å². The molecule has 1 aliphatic rings. The van der Waals surface area contributed by atoms with Crippen LogP contribution in [-0.2, 0) is 14.3 Å². The van der Waals surface area contributed by atoms with Crippen LogP contribution in [-0.4, -0.2) is 56.9 Å². The van der Waals surface area contributed by atoms with Gasteiger partial charge in [-0.1, -0.05) is 0 Å². The molecule has 0 aromatic rings. The Bertz CT molecular complexity index is 225. The molecule has 1 heterocycles. The molecule has 1 rings (SSSR count). The highest BCUT2D eigenvalue weighted by molar-refractivity contribution is 5.85. The Balaban J connectivity index is 0.00000256. The van der Waals surface area contributed by atoms with Gasteiger partial charge in [-0.15, -0.1) is 12.4 Å². The van der Waals surface area contributed by atoms with Gasteiger partial charge in [-0.25, -0.2) is 0 Å². The highest BCUT2D eigenvalue weighted by atomic mass is 35.5. The van der Waals surface area contributed by atoms with Gasteiger partial charge in [0.05, 0.1) is 18.6 Å². The average molecular weight is 267 g/mol. The molecule has 0 spiro atoms. The molecule has 1 aliphatic heterocycles. The fraction of sp³-hybridized carbons (Fsp3) is 0.909. The van der Waals surface area contributed by atoms with Crippen molar-refractivity contribution in [2.45, 2.75) is 31.5 Å². The van der Waals surface area contributed by atoms with Crippen molar-refractivity contribution in [1.29, 1.82) is 0 Å². The minimum atomic E-state index is -0.171. The number of piperidine rings is 1. The van der Waals surface area contributed by atoms with Crippen LogP contribution in [0.3, 0.4) is 0 Å². The summed E-state index contributed by atoms with van der Waals surface area (Å²) in [5, 5.41) is 0. The van der Waals surface area contributed by atoms with Crippen molar-refractivity contribution >= 4 is 18.3 Å². The lowest BCUT2D eigenvalue weighted by Gasteiger charge is -2.32. The van der Waals surface area contributed by atoms with Gasteiger partial charge in [0.2, 0.25) is 5.91 Å². The Labute approximate surface area is 109 Å². The van der Waals surface area contributed by atoms with Crippen molar-refractivity contribution in [2.24, 2.45) is 5.73 Å². The zero-order valence-corrected chi connectivity index (χ0v) is 11.4. The van der Waals surface area contributed by atoms with Gasteiger partial charge in [-0.2, -0.15) is 0 Å². The lowest BCUT2D eigenvalue weighted by molar-refractivity contribution is -0.137. The molecule has 0 aliphatic carbocycles. The number of hydrogen-bond acceptors (Lipinski definition) is 4. The summed E-state index contributed by atoms with van der Waals surface area (Å²) >= 11 is 0. The van der Waals surface area contributed by atoms with Gasteiger partial charge in [0.15, 0.2) is 0 Å². The SMILES string of the molecule is COC(CN)CC(=O)N1CCCC(OC)C1.Cl. The molecule has 0 bridgehead atoms. The fourth-order valence-corrected chi connectivity index (χ4v) is 1.94. The van der Waals surface area contributed by atoms with Gasteiger partial charge in [0.1, 0.15) is 0 Å². The molecular weight excluding hydrogens is 244 g/mol. The van der Waals surface area contributed by atoms with E-state index < -0.39 is 0 Å². The van der Waals surface area contributed by atoms with E-state index in [1.165, 1.54) is 0 Å². The molecule has 2 atom stereocenters. The average Bonchev–Trinajstić information content (AvgIpc) is 2.35. The second-order valence-electron chi connectivity index (χ2n) is 4.14. The number of methoxy groups -OCH3 is 2. The number of rotatable bonds is 5. The molecule has 0 saturated carbocycles. The van der Waals surface area contributed by atoms with E-state index in [1.807, 2.05) is 4.90 Å². The molecule has 5 nitrogen and oxygen atoms in total. The van der Waals surface area contributed by atoms with Crippen LogP contribution in [0.2, 0.25) is 0 Å². The summed E-state index contributed by atoms with van der Waals surface area (Å²) in [6, 6.07) is 0. The molecule has 2 unspecified atom stereocenters. The number of carbonyl (C=O) groups is 1. The normalized spacial score (nSPS) is 21.8. The minimum absolute atomic E-state index is 0. The summed E-state index contributed by atoms with van der Waals surface area (Å²) in [6.45, 7) is 1.89. The molecule has 0 radical (unpaired) electrons. The van der Waals surface area contributed by atoms with Crippen molar-refractivity contribution in [1.82, 2.24) is 4.90 Å². The van der Waals surface area contributed by atoms with E-state index in [0.29, 0.717) is 19.5 Å². The largest absolute Gasteiger partial charge is 0.380 e. The van der Waals surface area contributed by atoms with Crippen molar-refractivity contribution in [3.05, 3.63) is 0 Å². The fourth-order valence-electron chi connectivity index (χ4n) is 1.94. The van der Waals surface area contributed by atoms with Gasteiger partial charge in [0.25, 0.3) is 0 Å². The zero-order valence-electron chi connectivity index (χ0n) is 10.6. The first kappa shape index (κ1) is 16.6. The number of carbonyl (C=O) groups excluding carboxylic acids is 1. The molecule has 1 saturated heterocycles. The molecule has 2 N–H and O–H groups in total. The molecule has 1 amide bonds. The number of hydrogen-bond donors (Lipinski definition) is 1. The summed E-state index contributed by atoms with van der Waals surface area (Å²) < 4.78 is 10.4. The van der Waals surface area contributed by atoms with E-state index in [0.717, 1.165) is 19.4 Å². The van der Waals surface area contributed by atoms with E-state index in [2.05, 4.69) is 0 Å². The predicted octanol–water partition coefficient (Wildman–Crippen LogP) is 0.409. The highest BCUT2D eigenvalue weighted by Gasteiger charge is 2.24. The molecule has 102 valence electrons. The maximum absolute atomic E-state index is 11.9. The zero-order chi connectivity index (χ0) is 12.0. The van der Waals surface area contributed by atoms with E-state index in [1.54, 1.807) is 14.2 Å². The standard InChI is InChI=1S/C11H22N2O3.ClH/c1-15-9-4-3-5-13(8-9)11(14)6-10(7-12)16-2;/h9-10H,3-8,12H2,1-2H3;1H. The summed E-state index contributed by atoms with van der Waals surface area (Å²) in [5.41, 5.74) is 5.49. The molecule has 6 heteroatoms. The van der Waals surface area contributed by atoms with Crippen molar-refractivity contribution in [3.8, 4) is 0 Å². The van der Waals surface area contributed by atoms with Crippen molar-refractivity contribution in [2.75, 3.05) is 33.9 Å². The highest BCUT2D eigenvalue weighted by Crippen LogP contribution is 2.14. The number of halogens is 1. The predicted molar refractivity (Wildman–Crippen MR) is 68.3 cm³/mol. The van der Waals surface area contributed by atoms with Gasteiger partial charge < -0.3 is 20.1 Å². The van der Waals surface area contributed by atoms with Crippen LogP contribution in [0.25, 0.3) is 0 Å². The number of likely N-dealkylation sites (tertiary alicyclic amines) is 1. The molecular formula is C11H23ClN2O3. The lowest BCUT2D eigenvalue weighted by Crippen LogP contribution is -2.44. The van der Waals surface area contributed by atoms with Crippen LogP contribution in [0.15, 0.2) is 0 Å². The second-order valence-corrected chi connectivity index (χ2v) is 4.14. The Morgan fingerprint density at radius 3 is 2.76 bits per heavy atom. The molecule has 0 aromatic carbocycles. The summed E-state index contributed by atoms with van der Waals surface area (Å²) in [6.07, 6.45) is 2.41. The smallest absolute Gasteiger partial charge is 0.225 e. The first-order chi connectivity index (χ1) is 7.71. The van der Waals surface area contributed by atoms with Gasteiger partial charge in [-0.05, 0) is 12.8 Å². The van der Waals surface area contributed by atoms with Gasteiger partial charge in [0, 0.05) is 33.9 Å². The van der Waals surface area contributed by atoms with Crippen molar-refractivity contribution < 1.29 is 14.3 Å². The number of nitrogens with two attached hydrogens (primary N) is 1. The summed E-state index contributed by atoms with van der Waals surface area (Å²) in [4.78, 5) is 13.8. The summed E-state index contributed by atoms with van der Waals surface area (Å²) in [5.74, 6) is 0.110. The lowest BCUT2D eigenvalue weighted by atomic mass is 10.1. The summed E-state index contributed by atoms with van der Waals surface area (Å²) in [7, 11) is 3.27. The number of nitrogens with zero attached hydrogens (tertiary/aromatic N) is 1. The number of ether oxygens (including phenoxy) is 2. The maximum atomic E-state index is 11.9. The van der Waals surface area contributed by atoms with Crippen LogP contribution in [0.5, 0.6) is 0 Å². The van der Waals surface area contributed by atoms with Crippen LogP contribution in [0.1, 0.15) is 19.3 Å². The Hall–Kier alpha value is -0.360. The van der Waals surface area contributed by atoms with E-state index in [4.69, 9.17) is 15.2 Å². The first-order valence-electron chi connectivity index (χ1n) is 5.74. The van der Waals surface area contributed by atoms with Crippen LogP contribution in [0, 0.1) is 0 Å². The second kappa shape index (κ2) is 8.69. The monoisotopic (exact) mass is 266 g/mol. The third-order valence-electron chi connectivity index (χ3n) is 3.06. The number of amides is 1. The minimum Gasteiger partial charge on any atom is -0.380 e. The Morgan fingerprint density at radius 1 is 1.53 bits per heavy atom. The Morgan fingerprint density at radius 2 is 2.24 bits per heavy atom.